The predicted octanol–water partition coefficient (Wildman–Crippen LogP) is 3.34. The van der Waals surface area contributed by atoms with Gasteiger partial charge in [0.2, 0.25) is 0 Å². The lowest BCUT2D eigenvalue weighted by Gasteiger charge is -2.23. The minimum absolute atomic E-state index is 0.378. The van der Waals surface area contributed by atoms with Crippen molar-refractivity contribution < 1.29 is 4.42 Å². The molecule has 3 aromatic heterocycles. The monoisotopic (exact) mass is 316 g/mol. The van der Waals surface area contributed by atoms with Crippen molar-refractivity contribution in [2.75, 3.05) is 13.1 Å². The Morgan fingerprint density at radius 3 is 2.91 bits per heavy atom. The first-order chi connectivity index (χ1) is 10.8. The van der Waals surface area contributed by atoms with Gasteiger partial charge >= 0.3 is 0 Å². The van der Waals surface area contributed by atoms with E-state index in [1.165, 1.54) is 12.8 Å². The molecule has 0 aromatic carbocycles. The number of hydrogen-bond donors (Lipinski definition) is 1. The van der Waals surface area contributed by atoms with Crippen LogP contribution in [0, 0.1) is 5.92 Å². The molecule has 4 rings (SSSR count). The van der Waals surface area contributed by atoms with Gasteiger partial charge in [-0.25, -0.2) is 9.97 Å². The largest absolute Gasteiger partial charge is 0.441 e. The van der Waals surface area contributed by atoms with Crippen molar-refractivity contribution >= 4 is 22.8 Å². The third kappa shape index (κ3) is 2.51. The maximum atomic E-state index is 5.93. The number of rotatable bonds is 3. The average molecular weight is 317 g/mol. The second-order valence-electron chi connectivity index (χ2n) is 5.69. The molecule has 1 fully saturated rings. The Morgan fingerprint density at radius 2 is 2.14 bits per heavy atom. The standard InChI is InChI=1S/C16H17ClN4O/c17-14-4-3-13(22-14)16-20-12-2-1-7-19-15(12)21(16)10-11-5-8-18-9-6-11/h1-4,7,11,18H,5-6,8-10H2. The summed E-state index contributed by atoms with van der Waals surface area (Å²) in [6.45, 7) is 3.06. The highest BCUT2D eigenvalue weighted by molar-refractivity contribution is 6.28. The third-order valence-electron chi connectivity index (χ3n) is 4.20. The number of hydrogen-bond acceptors (Lipinski definition) is 4. The Kier molecular flexibility index (Phi) is 3.60. The molecular weight excluding hydrogens is 300 g/mol. The summed E-state index contributed by atoms with van der Waals surface area (Å²) >= 11 is 5.93. The fraction of sp³-hybridized carbons (Fsp3) is 0.375. The Bertz CT molecular complexity index is 788. The van der Waals surface area contributed by atoms with Crippen LogP contribution in [0.15, 0.2) is 34.9 Å². The number of fused-ring (bicyclic) bond motifs is 1. The first kappa shape index (κ1) is 13.8. The van der Waals surface area contributed by atoms with Gasteiger partial charge in [0.1, 0.15) is 5.52 Å². The molecule has 1 aliphatic heterocycles. The molecule has 1 saturated heterocycles. The van der Waals surface area contributed by atoms with Gasteiger partial charge in [0.15, 0.2) is 22.5 Å². The van der Waals surface area contributed by atoms with Gasteiger partial charge in [-0.15, -0.1) is 0 Å². The Balaban J connectivity index is 1.79. The molecule has 0 amide bonds. The van der Waals surface area contributed by atoms with E-state index in [-0.39, 0.29) is 0 Å². The maximum absolute atomic E-state index is 5.93. The molecule has 0 saturated carbocycles. The minimum Gasteiger partial charge on any atom is -0.441 e. The number of aromatic nitrogens is 3. The first-order valence-electron chi connectivity index (χ1n) is 7.59. The third-order valence-corrected chi connectivity index (χ3v) is 4.40. The molecule has 114 valence electrons. The zero-order valence-electron chi connectivity index (χ0n) is 12.1. The van der Waals surface area contributed by atoms with Crippen LogP contribution in [0.25, 0.3) is 22.7 Å². The Hall–Kier alpha value is -1.85. The highest BCUT2D eigenvalue weighted by Crippen LogP contribution is 2.29. The van der Waals surface area contributed by atoms with Gasteiger partial charge in [-0.1, -0.05) is 0 Å². The fourth-order valence-electron chi connectivity index (χ4n) is 3.08. The predicted molar refractivity (Wildman–Crippen MR) is 85.8 cm³/mol. The summed E-state index contributed by atoms with van der Waals surface area (Å²) in [6.07, 6.45) is 4.15. The van der Waals surface area contributed by atoms with E-state index < -0.39 is 0 Å². The number of nitrogens with zero attached hydrogens (tertiary/aromatic N) is 3. The van der Waals surface area contributed by atoms with Crippen LogP contribution in [0.5, 0.6) is 0 Å². The van der Waals surface area contributed by atoms with Gasteiger partial charge in [0.25, 0.3) is 0 Å². The number of imidazole rings is 1. The number of nitrogens with one attached hydrogen (secondary N) is 1. The van der Waals surface area contributed by atoms with E-state index >= 15 is 0 Å². The number of furan rings is 1. The smallest absolute Gasteiger partial charge is 0.194 e. The van der Waals surface area contributed by atoms with Crippen LogP contribution in [0.2, 0.25) is 5.22 Å². The number of pyridine rings is 1. The molecule has 0 aliphatic carbocycles. The van der Waals surface area contributed by atoms with E-state index in [1.54, 1.807) is 6.07 Å². The quantitative estimate of drug-likeness (QED) is 0.805. The molecule has 0 spiro atoms. The topological polar surface area (TPSA) is 55.9 Å². The lowest BCUT2D eigenvalue weighted by molar-refractivity contribution is 0.336. The van der Waals surface area contributed by atoms with Crippen LogP contribution in [-0.4, -0.2) is 27.6 Å². The Labute approximate surface area is 133 Å². The molecule has 0 unspecified atom stereocenters. The summed E-state index contributed by atoms with van der Waals surface area (Å²) in [5.41, 5.74) is 1.79. The van der Waals surface area contributed by atoms with Gasteiger partial charge in [-0.2, -0.15) is 0 Å². The highest BCUT2D eigenvalue weighted by Gasteiger charge is 2.20. The summed E-state index contributed by atoms with van der Waals surface area (Å²) in [4.78, 5) is 9.20. The van der Waals surface area contributed by atoms with Crippen molar-refractivity contribution in [3.8, 4) is 11.6 Å². The van der Waals surface area contributed by atoms with E-state index in [2.05, 4.69) is 14.9 Å². The van der Waals surface area contributed by atoms with E-state index in [0.717, 1.165) is 36.6 Å². The second-order valence-corrected chi connectivity index (χ2v) is 6.06. The molecule has 0 atom stereocenters. The zero-order valence-corrected chi connectivity index (χ0v) is 12.9. The van der Waals surface area contributed by atoms with E-state index in [9.17, 15) is 0 Å². The summed E-state index contributed by atoms with van der Waals surface area (Å²) < 4.78 is 7.74. The van der Waals surface area contributed by atoms with Crippen molar-refractivity contribution in [2.24, 2.45) is 5.92 Å². The second kappa shape index (κ2) is 5.74. The normalized spacial score (nSPS) is 16.4. The van der Waals surface area contributed by atoms with E-state index in [1.807, 2.05) is 24.4 Å². The summed E-state index contributed by atoms with van der Waals surface area (Å²) in [7, 11) is 0. The first-order valence-corrected chi connectivity index (χ1v) is 7.97. The molecule has 3 aromatic rings. The van der Waals surface area contributed by atoms with Crippen LogP contribution in [0.1, 0.15) is 12.8 Å². The fourth-order valence-corrected chi connectivity index (χ4v) is 3.22. The molecular formula is C16H17ClN4O. The van der Waals surface area contributed by atoms with Gasteiger partial charge in [0, 0.05) is 12.7 Å². The lowest BCUT2D eigenvalue weighted by Crippen LogP contribution is -2.30. The minimum atomic E-state index is 0.378. The lowest BCUT2D eigenvalue weighted by atomic mass is 9.98. The van der Waals surface area contributed by atoms with Gasteiger partial charge in [0.05, 0.1) is 0 Å². The van der Waals surface area contributed by atoms with Crippen molar-refractivity contribution in [1.29, 1.82) is 0 Å². The maximum Gasteiger partial charge on any atom is 0.194 e. The van der Waals surface area contributed by atoms with Crippen LogP contribution >= 0.6 is 11.6 Å². The highest BCUT2D eigenvalue weighted by atomic mass is 35.5. The average Bonchev–Trinajstić information content (AvgIpc) is 3.13. The van der Waals surface area contributed by atoms with Crippen molar-refractivity contribution in [3.63, 3.8) is 0 Å². The van der Waals surface area contributed by atoms with Crippen LogP contribution < -0.4 is 5.32 Å². The molecule has 1 N–H and O–H groups in total. The number of halogens is 1. The van der Waals surface area contributed by atoms with Gasteiger partial charge in [-0.05, 0) is 67.7 Å². The van der Waals surface area contributed by atoms with E-state index in [0.29, 0.717) is 16.9 Å². The van der Waals surface area contributed by atoms with Crippen LogP contribution in [-0.2, 0) is 6.54 Å². The summed E-state index contributed by atoms with van der Waals surface area (Å²) in [5.74, 6) is 2.13. The van der Waals surface area contributed by atoms with Gasteiger partial charge in [-0.3, -0.25) is 0 Å². The molecule has 0 bridgehead atoms. The molecule has 5 nitrogen and oxygen atoms in total. The zero-order chi connectivity index (χ0) is 14.9. The molecule has 6 heteroatoms. The molecule has 0 radical (unpaired) electrons. The van der Waals surface area contributed by atoms with Crippen molar-refractivity contribution in [3.05, 3.63) is 35.7 Å². The van der Waals surface area contributed by atoms with Crippen molar-refractivity contribution in [1.82, 2.24) is 19.9 Å². The Morgan fingerprint density at radius 1 is 1.27 bits per heavy atom. The molecule has 1 aliphatic rings. The van der Waals surface area contributed by atoms with E-state index in [4.69, 9.17) is 21.0 Å². The number of piperidine rings is 1. The summed E-state index contributed by atoms with van der Waals surface area (Å²) in [5, 5.41) is 3.78. The van der Waals surface area contributed by atoms with Crippen LogP contribution in [0.3, 0.4) is 0 Å². The SMILES string of the molecule is Clc1ccc(-c2nc3cccnc3n2CC2CCNCC2)o1. The van der Waals surface area contributed by atoms with Gasteiger partial charge < -0.3 is 14.3 Å². The van der Waals surface area contributed by atoms with Crippen molar-refractivity contribution in [2.45, 2.75) is 19.4 Å². The molecule has 4 heterocycles. The summed E-state index contributed by atoms with van der Waals surface area (Å²) in [6, 6.07) is 7.50. The van der Waals surface area contributed by atoms with Crippen LogP contribution in [0.4, 0.5) is 0 Å². The molecule has 22 heavy (non-hydrogen) atoms.